The number of H-pyrrole nitrogens is 1. The van der Waals surface area contributed by atoms with E-state index in [1.807, 2.05) is 54.6 Å². The lowest BCUT2D eigenvalue weighted by Gasteiger charge is -2.15. The van der Waals surface area contributed by atoms with Crippen LogP contribution in [0.1, 0.15) is 16.1 Å². The van der Waals surface area contributed by atoms with E-state index < -0.39 is 0 Å². The maximum Gasteiger partial charge on any atom is 0.269 e. The van der Waals surface area contributed by atoms with Crippen molar-refractivity contribution in [1.82, 2.24) is 15.5 Å². The van der Waals surface area contributed by atoms with E-state index in [-0.39, 0.29) is 18.6 Å². The number of hydrogen-bond donors (Lipinski definition) is 3. The van der Waals surface area contributed by atoms with E-state index in [9.17, 15) is 9.90 Å². The molecule has 3 N–H and O–H groups in total. The summed E-state index contributed by atoms with van der Waals surface area (Å²) in [5, 5.41) is 19.4. The Morgan fingerprint density at radius 3 is 2.65 bits per heavy atom. The highest BCUT2D eigenvalue weighted by Crippen LogP contribution is 2.28. The van der Waals surface area contributed by atoms with E-state index in [2.05, 4.69) is 15.5 Å². The second-order valence-corrected chi connectivity index (χ2v) is 5.91. The number of methoxy groups -OCH3 is 1. The van der Waals surface area contributed by atoms with Gasteiger partial charge in [-0.1, -0.05) is 42.5 Å². The second-order valence-electron chi connectivity index (χ2n) is 5.91. The summed E-state index contributed by atoms with van der Waals surface area (Å²) in [4.78, 5) is 12.5. The van der Waals surface area contributed by atoms with Crippen LogP contribution in [0.5, 0.6) is 5.75 Å². The summed E-state index contributed by atoms with van der Waals surface area (Å²) in [5.74, 6) is 0.372. The minimum Gasteiger partial charge on any atom is -0.496 e. The molecule has 0 aliphatic rings. The van der Waals surface area contributed by atoms with Crippen molar-refractivity contribution in [3.8, 4) is 17.0 Å². The van der Waals surface area contributed by atoms with Crippen LogP contribution in [0.2, 0.25) is 0 Å². The quantitative estimate of drug-likeness (QED) is 0.610. The molecular formula is C20H21N3O3. The number of hydrogen-bond acceptors (Lipinski definition) is 4. The number of amides is 1. The Morgan fingerprint density at radius 1 is 1.19 bits per heavy atom. The third kappa shape index (κ3) is 4.10. The van der Waals surface area contributed by atoms with Gasteiger partial charge >= 0.3 is 0 Å². The van der Waals surface area contributed by atoms with Gasteiger partial charge in [-0.05, 0) is 30.2 Å². The van der Waals surface area contributed by atoms with Gasteiger partial charge in [0.05, 0.1) is 25.5 Å². The molecule has 0 fully saturated rings. The standard InChI is InChI=1S/C20H21N3O3/c1-26-19-10-6-5-9-16(19)17-12-18(23-22-17)20(25)21-15(13-24)11-14-7-3-2-4-8-14/h2-10,12,15,24H,11,13H2,1H3,(H,21,25)(H,22,23)/t15-/m0/s1. The molecule has 0 bridgehead atoms. The number of nitrogens with zero attached hydrogens (tertiary/aromatic N) is 1. The number of carbonyl (C=O) groups is 1. The first-order chi connectivity index (χ1) is 12.7. The van der Waals surface area contributed by atoms with E-state index in [0.717, 1.165) is 11.1 Å². The van der Waals surface area contributed by atoms with Gasteiger partial charge in [0.25, 0.3) is 5.91 Å². The average Bonchev–Trinajstić information content (AvgIpc) is 3.18. The molecule has 0 spiro atoms. The first-order valence-corrected chi connectivity index (χ1v) is 8.35. The first kappa shape index (κ1) is 17.7. The third-order valence-electron chi connectivity index (χ3n) is 4.09. The Balaban J connectivity index is 1.71. The van der Waals surface area contributed by atoms with E-state index >= 15 is 0 Å². The van der Waals surface area contributed by atoms with Crippen molar-refractivity contribution in [2.45, 2.75) is 12.5 Å². The Bertz CT molecular complexity index is 862. The molecule has 26 heavy (non-hydrogen) atoms. The molecule has 0 unspecified atom stereocenters. The van der Waals surface area contributed by atoms with Crippen molar-refractivity contribution in [2.24, 2.45) is 0 Å². The SMILES string of the molecule is COc1ccccc1-c1cc(C(=O)N[C@H](CO)Cc2ccccc2)[nH]n1. The number of aliphatic hydroxyl groups excluding tert-OH is 1. The number of aromatic nitrogens is 2. The summed E-state index contributed by atoms with van der Waals surface area (Å²) in [6.45, 7) is -0.145. The number of rotatable bonds is 7. The zero-order chi connectivity index (χ0) is 18.4. The maximum absolute atomic E-state index is 12.5. The Hall–Kier alpha value is -3.12. The van der Waals surface area contributed by atoms with Gasteiger partial charge in [0.2, 0.25) is 0 Å². The minimum absolute atomic E-state index is 0.145. The number of nitrogens with one attached hydrogen (secondary N) is 2. The van der Waals surface area contributed by atoms with Crippen LogP contribution in [0.3, 0.4) is 0 Å². The molecule has 1 heterocycles. The van der Waals surface area contributed by atoms with E-state index in [1.165, 1.54) is 0 Å². The molecule has 3 aromatic rings. The van der Waals surface area contributed by atoms with Gasteiger partial charge < -0.3 is 15.2 Å². The third-order valence-corrected chi connectivity index (χ3v) is 4.09. The molecule has 0 radical (unpaired) electrons. The zero-order valence-corrected chi connectivity index (χ0v) is 14.5. The van der Waals surface area contributed by atoms with E-state index in [4.69, 9.17) is 4.74 Å². The minimum atomic E-state index is -0.372. The van der Waals surface area contributed by atoms with E-state index in [0.29, 0.717) is 23.6 Å². The molecular weight excluding hydrogens is 330 g/mol. The molecule has 1 amide bonds. The fourth-order valence-electron chi connectivity index (χ4n) is 2.76. The van der Waals surface area contributed by atoms with Crippen molar-refractivity contribution < 1.29 is 14.6 Å². The largest absolute Gasteiger partial charge is 0.496 e. The first-order valence-electron chi connectivity index (χ1n) is 8.35. The van der Waals surface area contributed by atoms with Gasteiger partial charge in [-0.25, -0.2) is 0 Å². The summed E-state index contributed by atoms with van der Waals surface area (Å²) in [7, 11) is 1.59. The van der Waals surface area contributed by atoms with Crippen LogP contribution < -0.4 is 10.1 Å². The van der Waals surface area contributed by atoms with Crippen molar-refractivity contribution in [2.75, 3.05) is 13.7 Å². The Kier molecular flexibility index (Phi) is 5.66. The number of aliphatic hydroxyl groups is 1. The van der Waals surface area contributed by atoms with Crippen LogP contribution in [-0.2, 0) is 6.42 Å². The summed E-state index contributed by atoms with van der Waals surface area (Å²) in [6, 6.07) is 18.5. The van der Waals surface area contributed by atoms with Crippen LogP contribution in [0.4, 0.5) is 0 Å². The van der Waals surface area contributed by atoms with Crippen LogP contribution in [0.25, 0.3) is 11.3 Å². The van der Waals surface area contributed by atoms with Crippen molar-refractivity contribution >= 4 is 5.91 Å². The smallest absolute Gasteiger partial charge is 0.269 e. The Labute approximate surface area is 151 Å². The van der Waals surface area contributed by atoms with Crippen LogP contribution in [0.15, 0.2) is 60.7 Å². The average molecular weight is 351 g/mol. The van der Waals surface area contributed by atoms with E-state index in [1.54, 1.807) is 13.2 Å². The van der Waals surface area contributed by atoms with Crippen molar-refractivity contribution in [3.05, 3.63) is 71.9 Å². The molecule has 0 saturated carbocycles. The Morgan fingerprint density at radius 2 is 1.92 bits per heavy atom. The lowest BCUT2D eigenvalue weighted by molar-refractivity contribution is 0.0911. The molecule has 2 aromatic carbocycles. The summed E-state index contributed by atoms with van der Waals surface area (Å²) < 4.78 is 5.33. The van der Waals surface area contributed by atoms with Gasteiger partial charge in [-0.3, -0.25) is 9.89 Å². The van der Waals surface area contributed by atoms with Crippen LogP contribution >= 0.6 is 0 Å². The number of carbonyl (C=O) groups excluding carboxylic acids is 1. The van der Waals surface area contributed by atoms with Gasteiger partial charge in [0.15, 0.2) is 0 Å². The monoisotopic (exact) mass is 351 g/mol. The molecule has 1 atom stereocenters. The highest BCUT2D eigenvalue weighted by molar-refractivity contribution is 5.93. The molecule has 1 aromatic heterocycles. The molecule has 6 heteroatoms. The molecule has 0 saturated heterocycles. The van der Waals surface area contributed by atoms with Gasteiger partial charge in [-0.2, -0.15) is 5.10 Å². The van der Waals surface area contributed by atoms with Gasteiger partial charge in [0.1, 0.15) is 11.4 Å². The highest BCUT2D eigenvalue weighted by atomic mass is 16.5. The molecule has 3 rings (SSSR count). The topological polar surface area (TPSA) is 87.2 Å². The normalized spacial score (nSPS) is 11.8. The molecule has 6 nitrogen and oxygen atoms in total. The number of para-hydroxylation sites is 1. The highest BCUT2D eigenvalue weighted by Gasteiger charge is 2.17. The van der Waals surface area contributed by atoms with Crippen LogP contribution in [0, 0.1) is 0 Å². The number of ether oxygens (including phenoxy) is 1. The molecule has 0 aliphatic carbocycles. The zero-order valence-electron chi connectivity index (χ0n) is 14.5. The predicted octanol–water partition coefficient (Wildman–Crippen LogP) is 2.42. The van der Waals surface area contributed by atoms with Crippen molar-refractivity contribution in [1.29, 1.82) is 0 Å². The van der Waals surface area contributed by atoms with Gasteiger partial charge in [0, 0.05) is 5.56 Å². The molecule has 134 valence electrons. The number of aromatic amines is 1. The summed E-state index contributed by atoms with van der Waals surface area (Å²) in [6.07, 6.45) is 0.552. The second kappa shape index (κ2) is 8.31. The summed E-state index contributed by atoms with van der Waals surface area (Å²) in [5.41, 5.74) is 2.80. The summed E-state index contributed by atoms with van der Waals surface area (Å²) >= 11 is 0. The lowest BCUT2D eigenvalue weighted by atomic mass is 10.1. The van der Waals surface area contributed by atoms with Crippen LogP contribution in [-0.4, -0.2) is 41.0 Å². The maximum atomic E-state index is 12.5. The molecule has 0 aliphatic heterocycles. The van der Waals surface area contributed by atoms with Crippen molar-refractivity contribution in [3.63, 3.8) is 0 Å². The van der Waals surface area contributed by atoms with Gasteiger partial charge in [-0.15, -0.1) is 0 Å². The number of benzene rings is 2. The lowest BCUT2D eigenvalue weighted by Crippen LogP contribution is -2.39. The fourth-order valence-corrected chi connectivity index (χ4v) is 2.76. The predicted molar refractivity (Wildman–Crippen MR) is 99.1 cm³/mol. The fraction of sp³-hybridized carbons (Fsp3) is 0.200.